The van der Waals surface area contributed by atoms with Gasteiger partial charge >= 0.3 is 5.97 Å². The van der Waals surface area contributed by atoms with Crippen molar-refractivity contribution in [3.63, 3.8) is 0 Å². The smallest absolute Gasteiger partial charge is 0.316 e. The molecule has 6 heteroatoms. The second-order valence-electron chi connectivity index (χ2n) is 8.08. The van der Waals surface area contributed by atoms with Crippen molar-refractivity contribution >= 4 is 11.7 Å². The molecule has 0 amide bonds. The van der Waals surface area contributed by atoms with Crippen LogP contribution < -0.4 is 0 Å². The Morgan fingerprint density at radius 2 is 1.53 bits per heavy atom. The van der Waals surface area contributed by atoms with Gasteiger partial charge in [-0.3, -0.25) is 14.4 Å². The lowest BCUT2D eigenvalue weighted by Gasteiger charge is -2.31. The minimum absolute atomic E-state index is 0.509. The van der Waals surface area contributed by atoms with Crippen molar-refractivity contribution < 1.29 is 9.90 Å². The summed E-state index contributed by atoms with van der Waals surface area (Å²) in [6.45, 7) is 3.59. The fraction of sp³-hybridized carbons (Fsp3) is 0.154. The summed E-state index contributed by atoms with van der Waals surface area (Å²) in [4.78, 5) is 18.0. The average molecular weight is 422 g/mol. The predicted molar refractivity (Wildman–Crippen MR) is 122 cm³/mol. The molecule has 2 heterocycles. The number of para-hydroxylation sites is 1. The first kappa shape index (κ1) is 19.9. The van der Waals surface area contributed by atoms with Gasteiger partial charge in [-0.2, -0.15) is 0 Å². The quantitative estimate of drug-likeness (QED) is 0.525. The third kappa shape index (κ3) is 2.95. The fourth-order valence-electron chi connectivity index (χ4n) is 4.37. The summed E-state index contributed by atoms with van der Waals surface area (Å²) in [7, 11) is 0. The Balaban J connectivity index is 1.87. The standard InChI is InChI=1S/C26H22N4O2/c1-17-28-29-24-23(26(2,25(31)32)19-13-7-4-8-14-19)27-22(18-11-5-3-6-12-18)20-15-9-10-16-21(20)30(17)24/h3-16,23H,1-2H3,(H,31,32). The van der Waals surface area contributed by atoms with E-state index in [9.17, 15) is 9.90 Å². The van der Waals surface area contributed by atoms with Crippen LogP contribution in [-0.2, 0) is 10.2 Å². The van der Waals surface area contributed by atoms with E-state index in [2.05, 4.69) is 10.2 Å². The molecule has 4 aromatic rings. The van der Waals surface area contributed by atoms with Crippen molar-refractivity contribution in [1.29, 1.82) is 0 Å². The minimum Gasteiger partial charge on any atom is -0.481 e. The van der Waals surface area contributed by atoms with E-state index >= 15 is 0 Å². The molecule has 0 radical (unpaired) electrons. The van der Waals surface area contributed by atoms with Crippen molar-refractivity contribution in [1.82, 2.24) is 14.8 Å². The van der Waals surface area contributed by atoms with E-state index < -0.39 is 17.4 Å². The number of aromatic nitrogens is 3. The molecule has 2 atom stereocenters. The molecule has 1 aliphatic rings. The van der Waals surface area contributed by atoms with Crippen LogP contribution in [0, 0.1) is 6.92 Å². The summed E-state index contributed by atoms with van der Waals surface area (Å²) >= 11 is 0. The van der Waals surface area contributed by atoms with Crippen molar-refractivity contribution in [2.24, 2.45) is 4.99 Å². The van der Waals surface area contributed by atoms with E-state index in [1.54, 1.807) is 6.92 Å². The van der Waals surface area contributed by atoms with Crippen LogP contribution >= 0.6 is 0 Å². The van der Waals surface area contributed by atoms with E-state index in [-0.39, 0.29) is 0 Å². The Morgan fingerprint density at radius 1 is 0.906 bits per heavy atom. The molecule has 0 aliphatic carbocycles. The third-order valence-corrected chi connectivity index (χ3v) is 6.16. The van der Waals surface area contributed by atoms with Gasteiger partial charge in [0.15, 0.2) is 5.82 Å². The average Bonchev–Trinajstić information content (AvgIpc) is 3.13. The lowest BCUT2D eigenvalue weighted by atomic mass is 9.75. The SMILES string of the molecule is Cc1nnc2n1-c1ccccc1C(c1ccccc1)=NC2C(C)(C(=O)O)c1ccccc1. The van der Waals surface area contributed by atoms with Crippen LogP contribution in [0.1, 0.15) is 41.3 Å². The lowest BCUT2D eigenvalue weighted by molar-refractivity contribution is -0.144. The number of fused-ring (bicyclic) bond motifs is 3. The van der Waals surface area contributed by atoms with Crippen molar-refractivity contribution in [3.8, 4) is 5.69 Å². The highest BCUT2D eigenvalue weighted by atomic mass is 16.4. The fourth-order valence-corrected chi connectivity index (χ4v) is 4.37. The van der Waals surface area contributed by atoms with Gasteiger partial charge in [0.25, 0.3) is 0 Å². The molecule has 1 N–H and O–H groups in total. The molecule has 1 aliphatic heterocycles. The van der Waals surface area contributed by atoms with Gasteiger partial charge < -0.3 is 5.11 Å². The molecule has 5 rings (SSSR count). The molecule has 0 saturated carbocycles. The van der Waals surface area contributed by atoms with Gasteiger partial charge in [0.2, 0.25) is 0 Å². The topological polar surface area (TPSA) is 80.4 Å². The largest absolute Gasteiger partial charge is 0.481 e. The molecule has 0 bridgehead atoms. The number of carbonyl (C=O) groups is 1. The normalized spacial score (nSPS) is 16.8. The van der Waals surface area contributed by atoms with Gasteiger partial charge in [-0.1, -0.05) is 78.9 Å². The number of hydrogen-bond donors (Lipinski definition) is 1. The second-order valence-corrected chi connectivity index (χ2v) is 8.08. The van der Waals surface area contributed by atoms with Crippen LogP contribution in [0.5, 0.6) is 0 Å². The highest BCUT2D eigenvalue weighted by Gasteiger charge is 2.48. The number of hydrogen-bond acceptors (Lipinski definition) is 4. The zero-order valence-electron chi connectivity index (χ0n) is 17.8. The maximum Gasteiger partial charge on any atom is 0.316 e. The molecular weight excluding hydrogens is 400 g/mol. The predicted octanol–water partition coefficient (Wildman–Crippen LogP) is 4.51. The summed E-state index contributed by atoms with van der Waals surface area (Å²) < 4.78 is 1.93. The first-order valence-electron chi connectivity index (χ1n) is 10.5. The van der Waals surface area contributed by atoms with Gasteiger partial charge in [-0.15, -0.1) is 10.2 Å². The van der Waals surface area contributed by atoms with Gasteiger partial charge in [0.05, 0.1) is 11.4 Å². The molecule has 3 aromatic carbocycles. The first-order chi connectivity index (χ1) is 15.5. The Hall–Kier alpha value is -4.06. The van der Waals surface area contributed by atoms with Crippen LogP contribution in [0.15, 0.2) is 89.9 Å². The molecule has 0 spiro atoms. The summed E-state index contributed by atoms with van der Waals surface area (Å²) in [5.41, 5.74) is 2.75. The van der Waals surface area contributed by atoms with Gasteiger partial charge in [0, 0.05) is 11.1 Å². The van der Waals surface area contributed by atoms with E-state index in [0.717, 1.165) is 22.5 Å². The monoisotopic (exact) mass is 422 g/mol. The highest BCUT2D eigenvalue weighted by Crippen LogP contribution is 2.43. The number of aliphatic carboxylic acids is 1. The molecule has 2 unspecified atom stereocenters. The second kappa shape index (κ2) is 7.57. The van der Waals surface area contributed by atoms with Crippen LogP contribution in [0.3, 0.4) is 0 Å². The minimum atomic E-state index is -1.36. The number of carboxylic acid groups (broad SMARTS) is 1. The summed E-state index contributed by atoms with van der Waals surface area (Å²) in [5.74, 6) is 0.223. The number of aryl methyl sites for hydroxylation is 1. The van der Waals surface area contributed by atoms with Crippen LogP contribution in [0.4, 0.5) is 0 Å². The van der Waals surface area contributed by atoms with E-state index in [1.807, 2.05) is 96.4 Å². The van der Waals surface area contributed by atoms with E-state index in [1.165, 1.54) is 0 Å². The summed E-state index contributed by atoms with van der Waals surface area (Å²) in [5, 5.41) is 19.3. The first-order valence-corrected chi connectivity index (χ1v) is 10.5. The molecule has 1 aromatic heterocycles. The Kier molecular flexibility index (Phi) is 4.70. The Bertz CT molecular complexity index is 1330. The number of aliphatic imine (C=N–C) groups is 1. The summed E-state index contributed by atoms with van der Waals surface area (Å²) in [6, 6.07) is 26.2. The zero-order valence-corrected chi connectivity index (χ0v) is 17.8. The molecule has 0 saturated heterocycles. The van der Waals surface area contributed by atoms with Crippen molar-refractivity contribution in [2.45, 2.75) is 25.3 Å². The molecular formula is C26H22N4O2. The van der Waals surface area contributed by atoms with Crippen LogP contribution in [0.2, 0.25) is 0 Å². The van der Waals surface area contributed by atoms with E-state index in [0.29, 0.717) is 17.2 Å². The number of rotatable bonds is 4. The van der Waals surface area contributed by atoms with Crippen LogP contribution in [0.25, 0.3) is 5.69 Å². The van der Waals surface area contributed by atoms with Gasteiger partial charge in [-0.05, 0) is 25.5 Å². The zero-order chi connectivity index (χ0) is 22.3. The van der Waals surface area contributed by atoms with E-state index in [4.69, 9.17) is 4.99 Å². The van der Waals surface area contributed by atoms with Crippen LogP contribution in [-0.4, -0.2) is 31.6 Å². The lowest BCUT2D eigenvalue weighted by Crippen LogP contribution is -2.39. The number of carboxylic acids is 1. The Morgan fingerprint density at radius 3 is 2.22 bits per heavy atom. The van der Waals surface area contributed by atoms with Crippen molar-refractivity contribution in [2.75, 3.05) is 0 Å². The molecule has 0 fully saturated rings. The highest BCUT2D eigenvalue weighted by molar-refractivity contribution is 6.15. The third-order valence-electron chi connectivity index (χ3n) is 6.16. The molecule has 6 nitrogen and oxygen atoms in total. The maximum absolute atomic E-state index is 12.8. The number of benzene rings is 3. The van der Waals surface area contributed by atoms with Crippen molar-refractivity contribution in [3.05, 3.63) is 113 Å². The summed E-state index contributed by atoms with van der Waals surface area (Å²) in [6.07, 6.45) is 0. The van der Waals surface area contributed by atoms with Gasteiger partial charge in [-0.25, -0.2) is 0 Å². The maximum atomic E-state index is 12.8. The Labute approximate surface area is 185 Å². The molecule has 32 heavy (non-hydrogen) atoms. The molecule has 158 valence electrons. The van der Waals surface area contributed by atoms with Gasteiger partial charge in [0.1, 0.15) is 17.3 Å². The number of nitrogens with zero attached hydrogens (tertiary/aromatic N) is 4.